The Morgan fingerprint density at radius 1 is 1.56 bits per heavy atom. The molecule has 4 heteroatoms. The van der Waals surface area contributed by atoms with Crippen molar-refractivity contribution in [3.8, 4) is 0 Å². The molecule has 1 aliphatic rings. The van der Waals surface area contributed by atoms with E-state index in [0.717, 1.165) is 18.5 Å². The lowest BCUT2D eigenvalue weighted by Gasteiger charge is -2.24. The minimum Gasteiger partial charge on any atom is -0.314 e. The maximum atomic E-state index is 13.8. The molecule has 1 aliphatic heterocycles. The molecule has 0 spiro atoms. The molecule has 0 aromatic heterocycles. The van der Waals surface area contributed by atoms with Crippen molar-refractivity contribution >= 4 is 23.4 Å². The van der Waals surface area contributed by atoms with E-state index in [0.29, 0.717) is 17.0 Å². The van der Waals surface area contributed by atoms with E-state index >= 15 is 0 Å². The zero-order valence-corrected chi connectivity index (χ0v) is 12.2. The van der Waals surface area contributed by atoms with Crippen LogP contribution in [0.2, 0.25) is 5.02 Å². The third kappa shape index (κ3) is 3.62. The molecule has 1 fully saturated rings. The third-order valence-corrected chi connectivity index (χ3v) is 4.87. The van der Waals surface area contributed by atoms with E-state index < -0.39 is 0 Å². The van der Waals surface area contributed by atoms with Crippen LogP contribution in [0, 0.1) is 11.7 Å². The van der Waals surface area contributed by atoms with Gasteiger partial charge >= 0.3 is 0 Å². The van der Waals surface area contributed by atoms with Gasteiger partial charge in [0.15, 0.2) is 0 Å². The van der Waals surface area contributed by atoms with Gasteiger partial charge in [0.1, 0.15) is 5.82 Å². The zero-order valence-electron chi connectivity index (χ0n) is 10.6. The second kappa shape index (κ2) is 6.78. The van der Waals surface area contributed by atoms with Crippen LogP contribution in [0.25, 0.3) is 0 Å². The van der Waals surface area contributed by atoms with Gasteiger partial charge in [0, 0.05) is 11.1 Å². The lowest BCUT2D eigenvalue weighted by molar-refractivity contribution is 0.382. The fourth-order valence-corrected chi connectivity index (χ4v) is 4.01. The first-order chi connectivity index (χ1) is 8.70. The van der Waals surface area contributed by atoms with Crippen molar-refractivity contribution in [2.24, 2.45) is 5.92 Å². The molecule has 1 nitrogen and oxygen atoms in total. The Kier molecular flexibility index (Phi) is 5.34. The molecular formula is C14H19ClFNS. The highest BCUT2D eigenvalue weighted by molar-refractivity contribution is 7.99. The van der Waals surface area contributed by atoms with Gasteiger partial charge in [0.25, 0.3) is 0 Å². The maximum Gasteiger partial charge on any atom is 0.126 e. The van der Waals surface area contributed by atoms with Gasteiger partial charge < -0.3 is 5.32 Å². The largest absolute Gasteiger partial charge is 0.314 e. The first kappa shape index (κ1) is 14.2. The number of likely N-dealkylation sites (N-methyl/N-ethyl adjacent to an activating group) is 1. The molecule has 2 atom stereocenters. The molecule has 1 N–H and O–H groups in total. The first-order valence-corrected chi connectivity index (χ1v) is 7.99. The Morgan fingerprint density at radius 2 is 2.39 bits per heavy atom. The van der Waals surface area contributed by atoms with E-state index in [1.807, 2.05) is 11.8 Å². The predicted octanol–water partition coefficient (Wildman–Crippen LogP) is 3.75. The van der Waals surface area contributed by atoms with Crippen LogP contribution < -0.4 is 5.32 Å². The van der Waals surface area contributed by atoms with E-state index in [2.05, 4.69) is 12.2 Å². The van der Waals surface area contributed by atoms with Gasteiger partial charge in [-0.3, -0.25) is 0 Å². The molecule has 0 radical (unpaired) electrons. The molecule has 1 heterocycles. The van der Waals surface area contributed by atoms with E-state index in [-0.39, 0.29) is 5.82 Å². The Hall–Kier alpha value is -0.250. The zero-order chi connectivity index (χ0) is 13.0. The van der Waals surface area contributed by atoms with Gasteiger partial charge in [-0.05, 0) is 60.6 Å². The molecule has 18 heavy (non-hydrogen) atoms. The van der Waals surface area contributed by atoms with Crippen molar-refractivity contribution in [1.29, 1.82) is 0 Å². The molecule has 1 saturated heterocycles. The normalized spacial score (nSPS) is 21.2. The van der Waals surface area contributed by atoms with E-state index in [4.69, 9.17) is 11.6 Å². The number of hydrogen-bond acceptors (Lipinski definition) is 2. The Labute approximate surface area is 117 Å². The molecular weight excluding hydrogens is 269 g/mol. The third-order valence-electron chi connectivity index (χ3n) is 3.45. The fraction of sp³-hybridized carbons (Fsp3) is 0.571. The van der Waals surface area contributed by atoms with Crippen molar-refractivity contribution in [3.05, 3.63) is 34.6 Å². The smallest absolute Gasteiger partial charge is 0.126 e. The van der Waals surface area contributed by atoms with Crippen LogP contribution in [0.3, 0.4) is 0 Å². The summed E-state index contributed by atoms with van der Waals surface area (Å²) in [5, 5.41) is 4.11. The van der Waals surface area contributed by atoms with E-state index in [9.17, 15) is 4.39 Å². The van der Waals surface area contributed by atoms with Crippen molar-refractivity contribution in [2.75, 3.05) is 18.1 Å². The highest BCUT2D eigenvalue weighted by atomic mass is 35.5. The molecule has 0 bridgehead atoms. The van der Waals surface area contributed by atoms with Gasteiger partial charge in [0.2, 0.25) is 0 Å². The summed E-state index contributed by atoms with van der Waals surface area (Å²) in [7, 11) is 0. The lowest BCUT2D eigenvalue weighted by Crippen LogP contribution is -2.38. The number of halogens is 2. The molecule has 1 aromatic carbocycles. The average molecular weight is 288 g/mol. The summed E-state index contributed by atoms with van der Waals surface area (Å²) in [6.45, 7) is 3.03. The molecule has 2 rings (SSSR count). The summed E-state index contributed by atoms with van der Waals surface area (Å²) in [5.41, 5.74) is 0.727. The van der Waals surface area contributed by atoms with Crippen LogP contribution in [-0.2, 0) is 6.42 Å². The van der Waals surface area contributed by atoms with Crippen molar-refractivity contribution in [3.63, 3.8) is 0 Å². The van der Waals surface area contributed by atoms with Crippen LogP contribution in [-0.4, -0.2) is 24.1 Å². The lowest BCUT2D eigenvalue weighted by atomic mass is 9.92. The van der Waals surface area contributed by atoms with Gasteiger partial charge in [0.05, 0.1) is 0 Å². The number of thioether (sulfide) groups is 1. The Balaban J connectivity index is 2.09. The van der Waals surface area contributed by atoms with Gasteiger partial charge in [-0.15, -0.1) is 0 Å². The SMILES string of the molecule is CCNC(Cc1cc(Cl)ccc1F)C1CCSC1. The monoisotopic (exact) mass is 287 g/mol. The van der Waals surface area contributed by atoms with E-state index in [1.165, 1.54) is 24.0 Å². The number of benzene rings is 1. The van der Waals surface area contributed by atoms with Crippen LogP contribution >= 0.6 is 23.4 Å². The molecule has 0 aliphatic carbocycles. The fourth-order valence-electron chi connectivity index (χ4n) is 2.47. The highest BCUT2D eigenvalue weighted by Crippen LogP contribution is 2.28. The summed E-state index contributed by atoms with van der Waals surface area (Å²) >= 11 is 7.94. The molecule has 0 saturated carbocycles. The number of hydrogen-bond donors (Lipinski definition) is 1. The summed E-state index contributed by atoms with van der Waals surface area (Å²) in [6, 6.07) is 5.18. The van der Waals surface area contributed by atoms with Crippen molar-refractivity contribution < 1.29 is 4.39 Å². The summed E-state index contributed by atoms with van der Waals surface area (Å²) < 4.78 is 13.8. The summed E-state index contributed by atoms with van der Waals surface area (Å²) in [4.78, 5) is 0. The minimum atomic E-state index is -0.145. The van der Waals surface area contributed by atoms with Crippen LogP contribution in [0.4, 0.5) is 4.39 Å². The van der Waals surface area contributed by atoms with Gasteiger partial charge in [-0.2, -0.15) is 11.8 Å². The molecule has 2 unspecified atom stereocenters. The summed E-state index contributed by atoms with van der Waals surface area (Å²) in [5.74, 6) is 2.91. The Morgan fingerprint density at radius 3 is 3.06 bits per heavy atom. The quantitative estimate of drug-likeness (QED) is 0.885. The average Bonchev–Trinajstić information content (AvgIpc) is 2.87. The Bertz CT molecular complexity index is 393. The van der Waals surface area contributed by atoms with Gasteiger partial charge in [-0.1, -0.05) is 18.5 Å². The first-order valence-electron chi connectivity index (χ1n) is 6.45. The predicted molar refractivity (Wildman–Crippen MR) is 78.0 cm³/mol. The number of nitrogens with one attached hydrogen (secondary N) is 1. The number of rotatable bonds is 5. The van der Waals surface area contributed by atoms with Crippen molar-refractivity contribution in [2.45, 2.75) is 25.8 Å². The maximum absolute atomic E-state index is 13.8. The summed E-state index contributed by atoms with van der Waals surface area (Å²) in [6.07, 6.45) is 1.95. The topological polar surface area (TPSA) is 12.0 Å². The minimum absolute atomic E-state index is 0.145. The second-order valence-corrected chi connectivity index (χ2v) is 6.31. The standard InChI is InChI=1S/C14H19ClFNS/c1-2-17-14(10-5-6-18-9-10)8-11-7-12(15)3-4-13(11)16/h3-4,7,10,14,17H,2,5-6,8-9H2,1H3. The molecule has 0 amide bonds. The van der Waals surface area contributed by atoms with Gasteiger partial charge in [-0.25, -0.2) is 4.39 Å². The van der Waals surface area contributed by atoms with Crippen LogP contribution in [0.15, 0.2) is 18.2 Å². The second-order valence-electron chi connectivity index (χ2n) is 4.73. The van der Waals surface area contributed by atoms with Crippen molar-refractivity contribution in [1.82, 2.24) is 5.32 Å². The molecule has 100 valence electrons. The highest BCUT2D eigenvalue weighted by Gasteiger charge is 2.25. The van der Waals surface area contributed by atoms with Crippen LogP contribution in [0.1, 0.15) is 18.9 Å². The molecule has 1 aromatic rings. The van der Waals surface area contributed by atoms with E-state index in [1.54, 1.807) is 12.1 Å². The van der Waals surface area contributed by atoms with Crippen LogP contribution in [0.5, 0.6) is 0 Å².